The summed E-state index contributed by atoms with van der Waals surface area (Å²) in [6.07, 6.45) is 5.46. The highest BCUT2D eigenvalue weighted by Gasteiger charge is 2.02. The summed E-state index contributed by atoms with van der Waals surface area (Å²) in [5.74, 6) is 1.24. The van der Waals surface area contributed by atoms with E-state index in [9.17, 15) is 0 Å². The molecule has 0 saturated carbocycles. The first-order chi connectivity index (χ1) is 9.60. The summed E-state index contributed by atoms with van der Waals surface area (Å²) in [4.78, 5) is 16.1. The number of nitrogens with two attached hydrogens (primary N) is 1. The molecule has 0 spiro atoms. The van der Waals surface area contributed by atoms with Crippen LogP contribution in [0.5, 0.6) is 0 Å². The molecule has 0 aliphatic carbocycles. The Morgan fingerprint density at radius 1 is 1.20 bits per heavy atom. The number of pyridine rings is 2. The van der Waals surface area contributed by atoms with Crippen LogP contribution in [-0.4, -0.2) is 19.9 Å². The number of hydrogen-bond donors (Lipinski definition) is 2. The smallest absolute Gasteiger partial charge is 0.157 e. The molecule has 0 atom stereocenters. The van der Waals surface area contributed by atoms with Crippen molar-refractivity contribution >= 4 is 45.1 Å². The first-order valence-corrected chi connectivity index (χ1v) is 6.83. The molecule has 0 amide bonds. The van der Waals surface area contributed by atoms with Gasteiger partial charge in [0.1, 0.15) is 17.2 Å². The fraction of sp³-hybridized carbons (Fsp3) is 0.0714. The SMILES string of the molecule is Cc1cc(N)nc(C=Cc2nc3cc(Br)cnc3[nH]2)c1. The van der Waals surface area contributed by atoms with E-state index in [1.807, 2.05) is 37.3 Å². The van der Waals surface area contributed by atoms with Gasteiger partial charge in [-0.25, -0.2) is 15.0 Å². The molecule has 0 aliphatic heterocycles. The number of halogens is 1. The van der Waals surface area contributed by atoms with Crippen molar-refractivity contribution in [2.45, 2.75) is 6.92 Å². The number of nitrogen functional groups attached to an aromatic ring is 1. The second kappa shape index (κ2) is 5.05. The molecule has 0 aromatic carbocycles. The van der Waals surface area contributed by atoms with Gasteiger partial charge < -0.3 is 10.7 Å². The number of anilines is 1. The third-order valence-electron chi connectivity index (χ3n) is 2.74. The van der Waals surface area contributed by atoms with Crippen LogP contribution in [0.4, 0.5) is 5.82 Å². The predicted molar refractivity (Wildman–Crippen MR) is 83.9 cm³/mol. The summed E-state index contributed by atoms with van der Waals surface area (Å²) in [7, 11) is 0. The van der Waals surface area contributed by atoms with Crippen molar-refractivity contribution in [3.05, 3.63) is 46.0 Å². The molecular weight excluding hydrogens is 318 g/mol. The fourth-order valence-electron chi connectivity index (χ4n) is 1.94. The monoisotopic (exact) mass is 329 g/mol. The maximum absolute atomic E-state index is 5.72. The summed E-state index contributed by atoms with van der Waals surface area (Å²) >= 11 is 3.37. The number of rotatable bonds is 2. The van der Waals surface area contributed by atoms with Gasteiger partial charge in [-0.3, -0.25) is 0 Å². The number of imidazole rings is 1. The zero-order chi connectivity index (χ0) is 14.1. The fourth-order valence-corrected chi connectivity index (χ4v) is 2.26. The molecule has 0 fully saturated rings. The Hall–Kier alpha value is -2.21. The Morgan fingerprint density at radius 3 is 2.85 bits per heavy atom. The largest absolute Gasteiger partial charge is 0.384 e. The van der Waals surface area contributed by atoms with Gasteiger partial charge in [0.05, 0.1) is 5.69 Å². The number of hydrogen-bond acceptors (Lipinski definition) is 4. The Kier molecular flexibility index (Phi) is 3.23. The molecule has 0 saturated heterocycles. The minimum atomic E-state index is 0.514. The lowest BCUT2D eigenvalue weighted by Crippen LogP contribution is -1.92. The molecule has 6 heteroatoms. The van der Waals surface area contributed by atoms with Gasteiger partial charge in [0.2, 0.25) is 0 Å². The number of nitrogens with zero attached hydrogens (tertiary/aromatic N) is 3. The summed E-state index contributed by atoms with van der Waals surface area (Å²) in [6.45, 7) is 1.98. The number of aromatic nitrogens is 4. The quantitative estimate of drug-likeness (QED) is 0.756. The van der Waals surface area contributed by atoms with Crippen molar-refractivity contribution in [1.82, 2.24) is 19.9 Å². The minimum absolute atomic E-state index is 0.514. The number of aromatic amines is 1. The topological polar surface area (TPSA) is 80.5 Å². The Bertz CT molecular complexity index is 786. The van der Waals surface area contributed by atoms with Crippen LogP contribution >= 0.6 is 15.9 Å². The molecular formula is C14H12BrN5. The highest BCUT2D eigenvalue weighted by molar-refractivity contribution is 9.10. The lowest BCUT2D eigenvalue weighted by atomic mass is 10.2. The van der Waals surface area contributed by atoms with Gasteiger partial charge in [0.15, 0.2) is 5.65 Å². The Labute approximate surface area is 124 Å². The highest BCUT2D eigenvalue weighted by atomic mass is 79.9. The average Bonchev–Trinajstić information content (AvgIpc) is 2.77. The third-order valence-corrected chi connectivity index (χ3v) is 3.18. The summed E-state index contributed by atoms with van der Waals surface area (Å²) in [6, 6.07) is 5.71. The molecule has 0 unspecified atom stereocenters. The molecule has 3 N–H and O–H groups in total. The standard InChI is InChI=1S/C14H12BrN5/c1-8-4-10(18-12(16)5-8)2-3-13-19-11-6-9(15)7-17-14(11)20-13/h2-7H,1H3,(H2,16,18)(H,17,19,20). The lowest BCUT2D eigenvalue weighted by Gasteiger charge is -1.98. The van der Waals surface area contributed by atoms with Crippen LogP contribution in [0.2, 0.25) is 0 Å². The van der Waals surface area contributed by atoms with Crippen molar-refractivity contribution < 1.29 is 0 Å². The van der Waals surface area contributed by atoms with E-state index in [1.165, 1.54) is 0 Å². The summed E-state index contributed by atoms with van der Waals surface area (Å²) in [5, 5.41) is 0. The van der Waals surface area contributed by atoms with Gasteiger partial charge in [-0.1, -0.05) is 0 Å². The van der Waals surface area contributed by atoms with Crippen LogP contribution in [0.25, 0.3) is 23.3 Å². The number of aryl methyl sites for hydroxylation is 1. The number of H-pyrrole nitrogens is 1. The lowest BCUT2D eigenvalue weighted by molar-refractivity contribution is 1.25. The van der Waals surface area contributed by atoms with Gasteiger partial charge in [0, 0.05) is 10.7 Å². The number of fused-ring (bicyclic) bond motifs is 1. The highest BCUT2D eigenvalue weighted by Crippen LogP contribution is 2.16. The minimum Gasteiger partial charge on any atom is -0.384 e. The molecule has 3 aromatic rings. The van der Waals surface area contributed by atoms with E-state index in [-0.39, 0.29) is 0 Å². The third kappa shape index (κ3) is 2.70. The van der Waals surface area contributed by atoms with Crippen molar-refractivity contribution in [2.24, 2.45) is 0 Å². The van der Waals surface area contributed by atoms with Gasteiger partial charge in [-0.2, -0.15) is 0 Å². The zero-order valence-electron chi connectivity index (χ0n) is 10.8. The van der Waals surface area contributed by atoms with E-state index in [0.29, 0.717) is 5.82 Å². The summed E-state index contributed by atoms with van der Waals surface area (Å²) in [5.41, 5.74) is 9.17. The maximum atomic E-state index is 5.72. The Morgan fingerprint density at radius 2 is 2.05 bits per heavy atom. The molecule has 0 radical (unpaired) electrons. The van der Waals surface area contributed by atoms with E-state index in [1.54, 1.807) is 6.20 Å². The summed E-state index contributed by atoms with van der Waals surface area (Å²) < 4.78 is 0.903. The van der Waals surface area contributed by atoms with Crippen molar-refractivity contribution in [3.63, 3.8) is 0 Å². The second-order valence-corrected chi connectivity index (χ2v) is 5.39. The van der Waals surface area contributed by atoms with Crippen molar-refractivity contribution in [3.8, 4) is 0 Å². The predicted octanol–water partition coefficient (Wildman–Crippen LogP) is 3.18. The molecule has 5 nitrogen and oxygen atoms in total. The molecule has 20 heavy (non-hydrogen) atoms. The number of nitrogens with one attached hydrogen (secondary N) is 1. The van der Waals surface area contributed by atoms with Gasteiger partial charge in [-0.05, 0) is 58.8 Å². The van der Waals surface area contributed by atoms with Crippen LogP contribution in [-0.2, 0) is 0 Å². The molecule has 100 valence electrons. The van der Waals surface area contributed by atoms with Gasteiger partial charge in [-0.15, -0.1) is 0 Å². The van der Waals surface area contributed by atoms with E-state index in [0.717, 1.165) is 32.7 Å². The molecule has 3 heterocycles. The second-order valence-electron chi connectivity index (χ2n) is 4.47. The maximum Gasteiger partial charge on any atom is 0.157 e. The molecule has 3 rings (SSSR count). The first kappa shape index (κ1) is 12.8. The van der Waals surface area contributed by atoms with E-state index < -0.39 is 0 Å². The van der Waals surface area contributed by atoms with Crippen LogP contribution in [0.15, 0.2) is 28.9 Å². The van der Waals surface area contributed by atoms with E-state index in [2.05, 4.69) is 35.9 Å². The van der Waals surface area contributed by atoms with Crippen LogP contribution in [0.1, 0.15) is 17.1 Å². The van der Waals surface area contributed by atoms with Crippen molar-refractivity contribution in [2.75, 3.05) is 5.73 Å². The van der Waals surface area contributed by atoms with Crippen LogP contribution in [0.3, 0.4) is 0 Å². The average molecular weight is 330 g/mol. The Balaban J connectivity index is 1.93. The van der Waals surface area contributed by atoms with Gasteiger partial charge in [0.25, 0.3) is 0 Å². The van der Waals surface area contributed by atoms with E-state index >= 15 is 0 Å². The van der Waals surface area contributed by atoms with E-state index in [4.69, 9.17) is 5.73 Å². The van der Waals surface area contributed by atoms with Gasteiger partial charge >= 0.3 is 0 Å². The van der Waals surface area contributed by atoms with Crippen LogP contribution in [0, 0.1) is 6.92 Å². The first-order valence-electron chi connectivity index (χ1n) is 6.04. The zero-order valence-corrected chi connectivity index (χ0v) is 12.3. The van der Waals surface area contributed by atoms with Crippen LogP contribution < -0.4 is 5.73 Å². The molecule has 0 bridgehead atoms. The van der Waals surface area contributed by atoms with Crippen molar-refractivity contribution in [1.29, 1.82) is 0 Å². The molecule has 3 aromatic heterocycles. The molecule has 0 aliphatic rings. The normalized spacial score (nSPS) is 11.5.